The summed E-state index contributed by atoms with van der Waals surface area (Å²) < 4.78 is 28.2. The number of nitrogen functional groups attached to an aromatic ring is 1. The predicted molar refractivity (Wildman–Crippen MR) is 82.6 cm³/mol. The second-order valence-electron chi connectivity index (χ2n) is 4.53. The molecular formula is C11H13Br2N3O3S. The van der Waals surface area contributed by atoms with E-state index in [1.54, 1.807) is 13.1 Å². The minimum absolute atomic E-state index is 0.0527. The largest absolute Gasteiger partial charge is 0.398 e. The van der Waals surface area contributed by atoms with Crippen LogP contribution >= 0.6 is 31.9 Å². The number of nitrogens with two attached hydrogens (primary N) is 1. The number of hydrogen-bond donors (Lipinski definition) is 2. The highest BCUT2D eigenvalue weighted by Crippen LogP contribution is 2.32. The van der Waals surface area contributed by atoms with Crippen LogP contribution in [0.3, 0.4) is 0 Å². The molecule has 110 valence electrons. The van der Waals surface area contributed by atoms with Gasteiger partial charge in [-0.2, -0.15) is 4.72 Å². The molecule has 1 aromatic rings. The molecule has 0 aliphatic carbocycles. The van der Waals surface area contributed by atoms with Gasteiger partial charge in [-0.3, -0.25) is 4.79 Å². The molecule has 0 radical (unpaired) electrons. The average molecular weight is 427 g/mol. The van der Waals surface area contributed by atoms with Gasteiger partial charge < -0.3 is 10.6 Å². The van der Waals surface area contributed by atoms with Crippen LogP contribution in [0.15, 0.2) is 26.0 Å². The van der Waals surface area contributed by atoms with Crippen LogP contribution in [-0.2, 0) is 14.8 Å². The van der Waals surface area contributed by atoms with Crippen molar-refractivity contribution >= 4 is 53.5 Å². The lowest BCUT2D eigenvalue weighted by Gasteiger charge is -2.15. The lowest BCUT2D eigenvalue weighted by atomic mass is 10.3. The van der Waals surface area contributed by atoms with Crippen molar-refractivity contribution in [2.24, 2.45) is 0 Å². The first-order valence-corrected chi connectivity index (χ1v) is 8.81. The number of amides is 1. The fraction of sp³-hybridized carbons (Fsp3) is 0.364. The Morgan fingerprint density at radius 3 is 2.55 bits per heavy atom. The summed E-state index contributed by atoms with van der Waals surface area (Å²) in [7, 11) is -2.23. The Kier molecular flexibility index (Phi) is 4.43. The van der Waals surface area contributed by atoms with Gasteiger partial charge in [0.15, 0.2) is 0 Å². The van der Waals surface area contributed by atoms with E-state index >= 15 is 0 Å². The van der Waals surface area contributed by atoms with Crippen LogP contribution in [0.4, 0.5) is 5.69 Å². The van der Waals surface area contributed by atoms with Gasteiger partial charge in [-0.25, -0.2) is 8.42 Å². The first-order chi connectivity index (χ1) is 9.22. The standard InChI is InChI=1S/C11H13Br2N3O3S/c1-16-3-2-9(11(16)17)15-20(18,19)10-7(13)4-6(12)5-8(10)14/h4-5,9,15H,2-3,14H2,1H3. The molecular weight excluding hydrogens is 414 g/mol. The molecule has 1 fully saturated rings. The number of nitrogens with zero attached hydrogens (tertiary/aromatic N) is 1. The zero-order valence-electron chi connectivity index (χ0n) is 10.6. The predicted octanol–water partition coefficient (Wildman–Crippen LogP) is 1.30. The van der Waals surface area contributed by atoms with Crippen LogP contribution in [0.2, 0.25) is 0 Å². The first kappa shape index (κ1) is 15.7. The van der Waals surface area contributed by atoms with E-state index in [0.717, 1.165) is 0 Å². The third-order valence-corrected chi connectivity index (χ3v) is 5.96. The quantitative estimate of drug-likeness (QED) is 0.712. The number of nitrogens with one attached hydrogen (secondary N) is 1. The molecule has 1 aliphatic rings. The molecule has 0 bridgehead atoms. The second kappa shape index (κ2) is 5.63. The molecule has 1 atom stereocenters. The molecule has 0 saturated carbocycles. The van der Waals surface area contributed by atoms with Crippen molar-refractivity contribution in [1.29, 1.82) is 0 Å². The number of hydrogen-bond acceptors (Lipinski definition) is 4. The number of carbonyl (C=O) groups excluding carboxylic acids is 1. The topological polar surface area (TPSA) is 92.5 Å². The summed E-state index contributed by atoms with van der Waals surface area (Å²) >= 11 is 6.42. The highest BCUT2D eigenvalue weighted by atomic mass is 79.9. The third kappa shape index (κ3) is 3.00. The van der Waals surface area contributed by atoms with E-state index < -0.39 is 16.1 Å². The van der Waals surface area contributed by atoms with Gasteiger partial charge in [0.25, 0.3) is 0 Å². The Morgan fingerprint density at radius 2 is 2.05 bits per heavy atom. The van der Waals surface area contributed by atoms with Crippen molar-refractivity contribution < 1.29 is 13.2 Å². The van der Waals surface area contributed by atoms with E-state index in [9.17, 15) is 13.2 Å². The van der Waals surface area contributed by atoms with Crippen molar-refractivity contribution in [3.63, 3.8) is 0 Å². The summed E-state index contributed by atoms with van der Waals surface area (Å²) in [4.78, 5) is 13.2. The molecule has 1 amide bonds. The third-order valence-electron chi connectivity index (χ3n) is 3.03. The Hall–Kier alpha value is -0.640. The van der Waals surface area contributed by atoms with Crippen LogP contribution < -0.4 is 10.5 Å². The molecule has 1 heterocycles. The van der Waals surface area contributed by atoms with E-state index in [4.69, 9.17) is 5.73 Å². The van der Waals surface area contributed by atoms with Gasteiger partial charge in [-0.15, -0.1) is 0 Å². The zero-order chi connectivity index (χ0) is 15.1. The van der Waals surface area contributed by atoms with Gasteiger partial charge in [0.2, 0.25) is 15.9 Å². The Labute approximate surface area is 134 Å². The van der Waals surface area contributed by atoms with Gasteiger partial charge in [-0.05, 0) is 34.5 Å². The normalized spacial score (nSPS) is 19.6. The van der Waals surface area contributed by atoms with Crippen molar-refractivity contribution in [2.75, 3.05) is 19.3 Å². The average Bonchev–Trinajstić information content (AvgIpc) is 2.58. The Morgan fingerprint density at radius 1 is 1.40 bits per heavy atom. The van der Waals surface area contributed by atoms with Gasteiger partial charge in [0.05, 0.1) is 5.69 Å². The summed E-state index contributed by atoms with van der Waals surface area (Å²) in [6.07, 6.45) is 0.447. The maximum Gasteiger partial charge on any atom is 0.244 e. The van der Waals surface area contributed by atoms with Crippen molar-refractivity contribution in [2.45, 2.75) is 17.4 Å². The molecule has 1 saturated heterocycles. The summed E-state index contributed by atoms with van der Waals surface area (Å²) in [5, 5.41) is 0. The molecule has 9 heteroatoms. The molecule has 2 rings (SSSR count). The van der Waals surface area contributed by atoms with Gasteiger partial charge in [0, 0.05) is 22.5 Å². The number of rotatable bonds is 3. The molecule has 6 nitrogen and oxygen atoms in total. The van der Waals surface area contributed by atoms with Crippen molar-refractivity contribution in [3.8, 4) is 0 Å². The lowest BCUT2D eigenvalue weighted by molar-refractivity contribution is -0.127. The van der Waals surface area contributed by atoms with E-state index in [-0.39, 0.29) is 16.5 Å². The summed E-state index contributed by atoms with van der Waals surface area (Å²) in [5.41, 5.74) is 5.88. The van der Waals surface area contributed by atoms with Crippen LogP contribution in [0.1, 0.15) is 6.42 Å². The zero-order valence-corrected chi connectivity index (χ0v) is 14.5. The number of anilines is 1. The highest BCUT2D eigenvalue weighted by molar-refractivity contribution is 9.11. The van der Waals surface area contributed by atoms with Crippen LogP contribution in [0.25, 0.3) is 0 Å². The number of likely N-dealkylation sites (tertiary alicyclic amines) is 1. The van der Waals surface area contributed by atoms with E-state index in [1.807, 2.05) is 0 Å². The van der Waals surface area contributed by atoms with Gasteiger partial charge >= 0.3 is 0 Å². The Bertz CT molecular complexity index is 640. The number of halogens is 2. The maximum absolute atomic E-state index is 12.4. The van der Waals surface area contributed by atoms with E-state index in [1.165, 1.54) is 11.0 Å². The summed E-state index contributed by atoms with van der Waals surface area (Å²) in [6.45, 7) is 0.531. The van der Waals surface area contributed by atoms with Crippen LogP contribution in [0.5, 0.6) is 0 Å². The molecule has 3 N–H and O–H groups in total. The van der Waals surface area contributed by atoms with E-state index in [2.05, 4.69) is 36.6 Å². The Balaban J connectivity index is 2.35. The fourth-order valence-electron chi connectivity index (χ4n) is 2.04. The fourth-order valence-corrected chi connectivity index (χ4v) is 5.34. The minimum Gasteiger partial charge on any atom is -0.398 e. The number of sulfonamides is 1. The van der Waals surface area contributed by atoms with Gasteiger partial charge in [0.1, 0.15) is 10.9 Å². The second-order valence-corrected chi connectivity index (χ2v) is 7.95. The number of likely N-dealkylation sites (N-methyl/N-ethyl adjacent to an activating group) is 1. The molecule has 20 heavy (non-hydrogen) atoms. The molecule has 1 aliphatic heterocycles. The SMILES string of the molecule is CN1CCC(NS(=O)(=O)c2c(N)cc(Br)cc2Br)C1=O. The van der Waals surface area contributed by atoms with Crippen LogP contribution in [0, 0.1) is 0 Å². The number of benzene rings is 1. The smallest absolute Gasteiger partial charge is 0.244 e. The van der Waals surface area contributed by atoms with E-state index in [0.29, 0.717) is 21.9 Å². The highest BCUT2D eigenvalue weighted by Gasteiger charge is 2.34. The lowest BCUT2D eigenvalue weighted by Crippen LogP contribution is -2.40. The van der Waals surface area contributed by atoms with Gasteiger partial charge in [-0.1, -0.05) is 15.9 Å². The van der Waals surface area contributed by atoms with Crippen LogP contribution in [-0.4, -0.2) is 38.9 Å². The number of carbonyl (C=O) groups is 1. The summed E-state index contributed by atoms with van der Waals surface area (Å²) in [5.74, 6) is -0.236. The molecule has 1 aromatic carbocycles. The molecule has 0 spiro atoms. The van der Waals surface area contributed by atoms with Crippen molar-refractivity contribution in [3.05, 3.63) is 21.1 Å². The minimum atomic E-state index is -3.87. The maximum atomic E-state index is 12.4. The summed E-state index contributed by atoms with van der Waals surface area (Å²) in [6, 6.07) is 2.36. The molecule has 1 unspecified atom stereocenters. The monoisotopic (exact) mass is 425 g/mol. The first-order valence-electron chi connectivity index (χ1n) is 5.74. The van der Waals surface area contributed by atoms with Crippen molar-refractivity contribution in [1.82, 2.24) is 9.62 Å². The molecule has 0 aromatic heterocycles.